The summed E-state index contributed by atoms with van der Waals surface area (Å²) in [7, 11) is 0. The van der Waals surface area contributed by atoms with Crippen LogP contribution in [0.3, 0.4) is 0 Å². The lowest BCUT2D eigenvalue weighted by atomic mass is 9.94. The Hall–Kier alpha value is -3.52. The number of anilines is 1. The lowest BCUT2D eigenvalue weighted by molar-refractivity contribution is -0.139. The van der Waals surface area contributed by atoms with Crippen LogP contribution in [0.25, 0.3) is 0 Å². The summed E-state index contributed by atoms with van der Waals surface area (Å²) in [6.45, 7) is 6.02. The molecule has 34 heavy (non-hydrogen) atoms. The van der Waals surface area contributed by atoms with Gasteiger partial charge >= 0.3 is 12.0 Å². The molecule has 3 rings (SSSR count). The van der Waals surface area contributed by atoms with Crippen LogP contribution in [0.2, 0.25) is 5.02 Å². The number of nitrogens with zero attached hydrogens (tertiary/aromatic N) is 1. The number of allylic oxidation sites excluding steroid dienone is 1. The third-order valence-corrected chi connectivity index (χ3v) is 5.50. The molecule has 180 valence electrons. The SMILES string of the molecule is CCCN1C(=O)NC(c2ccc(NC(=O)COc3ccc(Cl)cc3)cc2)C(C(=O)OCC)=C1C. The number of benzene rings is 2. The molecule has 3 amide bonds. The predicted molar refractivity (Wildman–Crippen MR) is 130 cm³/mol. The van der Waals surface area contributed by atoms with Crippen molar-refractivity contribution in [3.63, 3.8) is 0 Å². The van der Waals surface area contributed by atoms with Crippen molar-refractivity contribution in [1.29, 1.82) is 0 Å². The van der Waals surface area contributed by atoms with E-state index in [2.05, 4.69) is 10.6 Å². The minimum absolute atomic E-state index is 0.162. The van der Waals surface area contributed by atoms with Crippen LogP contribution >= 0.6 is 11.6 Å². The summed E-state index contributed by atoms with van der Waals surface area (Å²) in [6.07, 6.45) is 0.752. The lowest BCUT2D eigenvalue weighted by Crippen LogP contribution is -2.48. The van der Waals surface area contributed by atoms with Crippen LogP contribution in [0.4, 0.5) is 10.5 Å². The largest absolute Gasteiger partial charge is 0.484 e. The van der Waals surface area contributed by atoms with Crippen molar-refractivity contribution in [2.45, 2.75) is 33.2 Å². The highest BCUT2D eigenvalue weighted by Crippen LogP contribution is 2.32. The lowest BCUT2D eigenvalue weighted by Gasteiger charge is -2.35. The summed E-state index contributed by atoms with van der Waals surface area (Å²) in [5.74, 6) is -0.261. The van der Waals surface area contributed by atoms with Crippen LogP contribution in [-0.4, -0.2) is 42.6 Å². The molecule has 8 nitrogen and oxygen atoms in total. The number of amides is 3. The second-order valence-corrected chi connectivity index (χ2v) is 8.10. The summed E-state index contributed by atoms with van der Waals surface area (Å²) in [5, 5.41) is 6.25. The Balaban J connectivity index is 1.72. The van der Waals surface area contributed by atoms with Gasteiger partial charge in [0.25, 0.3) is 5.91 Å². The van der Waals surface area contributed by atoms with E-state index in [1.165, 1.54) is 0 Å². The first kappa shape index (κ1) is 25.1. The molecular formula is C25H28ClN3O5. The van der Waals surface area contributed by atoms with Crippen LogP contribution in [0.5, 0.6) is 5.75 Å². The topological polar surface area (TPSA) is 97.0 Å². The van der Waals surface area contributed by atoms with E-state index in [1.54, 1.807) is 67.3 Å². The molecule has 1 atom stereocenters. The first-order valence-corrected chi connectivity index (χ1v) is 11.5. The van der Waals surface area contributed by atoms with Gasteiger partial charge in [-0.1, -0.05) is 30.7 Å². The van der Waals surface area contributed by atoms with E-state index in [0.717, 1.165) is 6.42 Å². The molecule has 1 aliphatic rings. The zero-order valence-corrected chi connectivity index (χ0v) is 20.1. The fourth-order valence-electron chi connectivity index (χ4n) is 3.63. The fourth-order valence-corrected chi connectivity index (χ4v) is 3.76. The van der Waals surface area contributed by atoms with E-state index in [-0.39, 0.29) is 25.2 Å². The third-order valence-electron chi connectivity index (χ3n) is 5.25. The van der Waals surface area contributed by atoms with Crippen LogP contribution in [0.15, 0.2) is 59.8 Å². The van der Waals surface area contributed by atoms with Crippen molar-refractivity contribution in [1.82, 2.24) is 10.2 Å². The summed E-state index contributed by atoms with van der Waals surface area (Å²) in [5.41, 5.74) is 2.22. The summed E-state index contributed by atoms with van der Waals surface area (Å²) >= 11 is 5.84. The number of hydrogen-bond donors (Lipinski definition) is 2. The van der Waals surface area contributed by atoms with E-state index in [0.29, 0.717) is 39.8 Å². The number of urea groups is 1. The summed E-state index contributed by atoms with van der Waals surface area (Å²) < 4.78 is 10.7. The van der Waals surface area contributed by atoms with Crippen LogP contribution in [0, 0.1) is 0 Å². The average Bonchev–Trinajstić information content (AvgIpc) is 2.81. The third kappa shape index (κ3) is 6.08. The van der Waals surface area contributed by atoms with Gasteiger partial charge in [0.2, 0.25) is 0 Å². The van der Waals surface area contributed by atoms with E-state index in [9.17, 15) is 14.4 Å². The van der Waals surface area contributed by atoms with Crippen LogP contribution < -0.4 is 15.4 Å². The Kier molecular flexibility index (Phi) is 8.54. The van der Waals surface area contributed by atoms with Gasteiger partial charge in [0, 0.05) is 23.0 Å². The molecule has 9 heteroatoms. The first-order valence-electron chi connectivity index (χ1n) is 11.1. The number of carbonyl (C=O) groups is 3. The van der Waals surface area contributed by atoms with Gasteiger partial charge in [0.15, 0.2) is 6.61 Å². The standard InChI is InChI=1S/C25H28ClN3O5/c1-4-14-29-16(3)22(24(31)33-5-2)23(28-25(29)32)17-6-10-19(11-7-17)27-21(30)15-34-20-12-8-18(26)9-13-20/h6-13,23H,4-5,14-15H2,1-3H3,(H,27,30)(H,28,32). The normalized spacial score (nSPS) is 15.6. The van der Waals surface area contributed by atoms with Crippen LogP contribution in [-0.2, 0) is 14.3 Å². The van der Waals surface area contributed by atoms with Crippen molar-refractivity contribution in [2.75, 3.05) is 25.1 Å². The maximum atomic E-state index is 12.7. The predicted octanol–water partition coefficient (Wildman–Crippen LogP) is 4.67. The highest BCUT2D eigenvalue weighted by atomic mass is 35.5. The average molecular weight is 486 g/mol. The molecule has 2 aromatic carbocycles. The Morgan fingerprint density at radius 1 is 1.09 bits per heavy atom. The molecule has 1 heterocycles. The van der Waals surface area contributed by atoms with Gasteiger partial charge in [-0.15, -0.1) is 0 Å². The molecule has 0 spiro atoms. The minimum Gasteiger partial charge on any atom is -0.484 e. The molecular weight excluding hydrogens is 458 g/mol. The van der Waals surface area contributed by atoms with E-state index < -0.39 is 12.0 Å². The van der Waals surface area contributed by atoms with Gasteiger partial charge in [-0.05, 0) is 62.2 Å². The number of ether oxygens (including phenoxy) is 2. The van der Waals surface area contributed by atoms with Gasteiger partial charge in [-0.3, -0.25) is 9.69 Å². The Labute approximate surface area is 203 Å². The van der Waals surface area contributed by atoms with Crippen molar-refractivity contribution in [3.05, 3.63) is 70.4 Å². The second kappa shape index (κ2) is 11.6. The van der Waals surface area contributed by atoms with Gasteiger partial charge in [-0.2, -0.15) is 0 Å². The molecule has 2 aromatic rings. The molecule has 0 saturated heterocycles. The van der Waals surface area contributed by atoms with E-state index >= 15 is 0 Å². The molecule has 0 aliphatic carbocycles. The highest BCUT2D eigenvalue weighted by molar-refractivity contribution is 6.30. The monoisotopic (exact) mass is 485 g/mol. The van der Waals surface area contributed by atoms with Crippen molar-refractivity contribution >= 4 is 35.2 Å². The van der Waals surface area contributed by atoms with E-state index in [4.69, 9.17) is 21.1 Å². The fraction of sp³-hybridized carbons (Fsp3) is 0.320. The highest BCUT2D eigenvalue weighted by Gasteiger charge is 2.36. The summed E-state index contributed by atoms with van der Waals surface area (Å²) in [6, 6.07) is 12.7. The number of halogens is 1. The summed E-state index contributed by atoms with van der Waals surface area (Å²) in [4.78, 5) is 39.2. The number of carbonyl (C=O) groups excluding carboxylic acids is 3. The van der Waals surface area contributed by atoms with Crippen molar-refractivity contribution in [2.24, 2.45) is 0 Å². The van der Waals surface area contributed by atoms with Gasteiger partial charge in [0.1, 0.15) is 5.75 Å². The molecule has 0 aromatic heterocycles. The van der Waals surface area contributed by atoms with Crippen molar-refractivity contribution in [3.8, 4) is 5.75 Å². The quantitative estimate of drug-likeness (QED) is 0.503. The first-order chi connectivity index (χ1) is 16.3. The minimum atomic E-state index is -0.655. The van der Waals surface area contributed by atoms with Crippen LogP contribution in [0.1, 0.15) is 38.8 Å². The molecule has 1 aliphatic heterocycles. The maximum absolute atomic E-state index is 12.7. The molecule has 1 unspecified atom stereocenters. The Morgan fingerprint density at radius 2 is 1.76 bits per heavy atom. The number of esters is 1. The smallest absolute Gasteiger partial charge is 0.338 e. The van der Waals surface area contributed by atoms with Crippen molar-refractivity contribution < 1.29 is 23.9 Å². The zero-order valence-electron chi connectivity index (χ0n) is 19.4. The Bertz CT molecular complexity index is 1070. The van der Waals surface area contributed by atoms with E-state index in [1.807, 2.05) is 6.92 Å². The molecule has 0 fully saturated rings. The molecule has 0 radical (unpaired) electrons. The Morgan fingerprint density at radius 3 is 2.38 bits per heavy atom. The van der Waals surface area contributed by atoms with Gasteiger partial charge in [0.05, 0.1) is 18.2 Å². The number of nitrogens with one attached hydrogen (secondary N) is 2. The molecule has 0 saturated carbocycles. The number of hydrogen-bond acceptors (Lipinski definition) is 5. The molecule has 2 N–H and O–H groups in total. The second-order valence-electron chi connectivity index (χ2n) is 7.67. The van der Waals surface area contributed by atoms with Gasteiger partial charge < -0.3 is 20.1 Å². The van der Waals surface area contributed by atoms with Gasteiger partial charge in [-0.25, -0.2) is 9.59 Å². The maximum Gasteiger partial charge on any atom is 0.338 e. The molecule has 0 bridgehead atoms. The zero-order chi connectivity index (χ0) is 24.7. The number of rotatable bonds is 9.